The first-order valence-corrected chi connectivity index (χ1v) is 7.42. The van der Waals surface area contributed by atoms with Crippen molar-refractivity contribution < 1.29 is 4.42 Å². The topological polar surface area (TPSA) is 55.9 Å². The van der Waals surface area contributed by atoms with E-state index in [1.54, 1.807) is 6.20 Å². The summed E-state index contributed by atoms with van der Waals surface area (Å²) in [6, 6.07) is 2.80. The molecule has 0 amide bonds. The molecule has 2 heterocycles. The van der Waals surface area contributed by atoms with Crippen molar-refractivity contribution in [2.75, 3.05) is 0 Å². The maximum Gasteiger partial charge on any atom is 0.211 e. The fourth-order valence-corrected chi connectivity index (χ4v) is 2.76. The van der Waals surface area contributed by atoms with Crippen molar-refractivity contribution in [2.45, 2.75) is 58.2 Å². The second-order valence-corrected chi connectivity index (χ2v) is 5.64. The Labute approximate surface area is 119 Å². The van der Waals surface area contributed by atoms with Gasteiger partial charge in [-0.3, -0.25) is 4.68 Å². The molecule has 5 heteroatoms. The van der Waals surface area contributed by atoms with E-state index >= 15 is 0 Å². The Morgan fingerprint density at radius 2 is 2.25 bits per heavy atom. The number of aryl methyl sites for hydroxylation is 1. The molecule has 0 bridgehead atoms. The number of rotatable bonds is 5. The first-order chi connectivity index (χ1) is 9.72. The normalized spacial score (nSPS) is 17.7. The van der Waals surface area contributed by atoms with E-state index in [0.29, 0.717) is 6.04 Å². The lowest BCUT2D eigenvalue weighted by Gasteiger charge is -2.10. The smallest absolute Gasteiger partial charge is 0.211 e. The zero-order chi connectivity index (χ0) is 13.9. The second-order valence-electron chi connectivity index (χ2n) is 5.64. The summed E-state index contributed by atoms with van der Waals surface area (Å²) in [6.45, 7) is 4.70. The summed E-state index contributed by atoms with van der Waals surface area (Å²) in [7, 11) is 0. The summed E-state index contributed by atoms with van der Waals surface area (Å²) in [5, 5.41) is 8.07. The standard InChI is InChI=1S/C15H22N4O/c1-11-9-17-15(20-11)12(2)16-10-13-7-8-19(18-13)14-5-3-4-6-14/h7-9,12,14,16H,3-6,10H2,1-2H3. The Hall–Kier alpha value is -1.62. The van der Waals surface area contributed by atoms with Gasteiger partial charge in [-0.1, -0.05) is 12.8 Å². The van der Waals surface area contributed by atoms with E-state index in [9.17, 15) is 0 Å². The van der Waals surface area contributed by atoms with Crippen LogP contribution in [0.3, 0.4) is 0 Å². The Morgan fingerprint density at radius 3 is 2.95 bits per heavy atom. The SMILES string of the molecule is Cc1cnc(C(C)NCc2ccn(C3CCCC3)n2)o1. The van der Waals surface area contributed by atoms with Crippen LogP contribution in [0, 0.1) is 6.92 Å². The summed E-state index contributed by atoms with van der Waals surface area (Å²) in [5.74, 6) is 1.58. The van der Waals surface area contributed by atoms with Crippen LogP contribution in [0.15, 0.2) is 22.9 Å². The van der Waals surface area contributed by atoms with Gasteiger partial charge in [0.25, 0.3) is 0 Å². The van der Waals surface area contributed by atoms with E-state index in [2.05, 4.69) is 39.3 Å². The molecule has 1 aliphatic carbocycles. The fraction of sp³-hybridized carbons (Fsp3) is 0.600. The molecule has 3 rings (SSSR count). The number of hydrogen-bond donors (Lipinski definition) is 1. The molecule has 1 saturated carbocycles. The molecule has 2 aromatic heterocycles. The van der Waals surface area contributed by atoms with E-state index in [4.69, 9.17) is 4.42 Å². The molecule has 5 nitrogen and oxygen atoms in total. The molecule has 1 unspecified atom stereocenters. The molecular weight excluding hydrogens is 252 g/mol. The quantitative estimate of drug-likeness (QED) is 0.910. The molecule has 108 valence electrons. The Bertz CT molecular complexity index is 554. The Morgan fingerprint density at radius 1 is 1.45 bits per heavy atom. The zero-order valence-corrected chi connectivity index (χ0v) is 12.2. The van der Waals surface area contributed by atoms with E-state index in [0.717, 1.165) is 23.9 Å². The van der Waals surface area contributed by atoms with E-state index in [1.807, 2.05) is 6.92 Å². The molecule has 0 aromatic carbocycles. The highest BCUT2D eigenvalue weighted by atomic mass is 16.4. The molecule has 20 heavy (non-hydrogen) atoms. The average Bonchev–Trinajstić information content (AvgIpc) is 3.16. The lowest BCUT2D eigenvalue weighted by molar-refractivity contribution is 0.398. The van der Waals surface area contributed by atoms with Crippen LogP contribution >= 0.6 is 0 Å². The average molecular weight is 274 g/mol. The van der Waals surface area contributed by atoms with Crippen molar-refractivity contribution in [3.05, 3.63) is 35.8 Å². The van der Waals surface area contributed by atoms with Gasteiger partial charge >= 0.3 is 0 Å². The van der Waals surface area contributed by atoms with Crippen LogP contribution in [0.4, 0.5) is 0 Å². The number of oxazole rings is 1. The largest absolute Gasteiger partial charge is 0.444 e. The Kier molecular flexibility index (Phi) is 3.87. The van der Waals surface area contributed by atoms with Gasteiger partial charge in [0.1, 0.15) is 5.76 Å². The molecule has 1 atom stereocenters. The molecule has 1 N–H and O–H groups in total. The first-order valence-electron chi connectivity index (χ1n) is 7.42. The van der Waals surface area contributed by atoms with Crippen molar-refractivity contribution in [3.63, 3.8) is 0 Å². The maximum atomic E-state index is 5.52. The van der Waals surface area contributed by atoms with Crippen LogP contribution < -0.4 is 5.32 Å². The molecule has 0 spiro atoms. The highest BCUT2D eigenvalue weighted by Crippen LogP contribution is 2.28. The Balaban J connectivity index is 1.55. The van der Waals surface area contributed by atoms with Gasteiger partial charge in [-0.05, 0) is 32.8 Å². The molecule has 0 saturated heterocycles. The van der Waals surface area contributed by atoms with Gasteiger partial charge < -0.3 is 9.73 Å². The highest BCUT2D eigenvalue weighted by molar-refractivity contribution is 5.01. The third-order valence-corrected chi connectivity index (χ3v) is 3.96. The fourth-order valence-electron chi connectivity index (χ4n) is 2.76. The summed E-state index contributed by atoms with van der Waals surface area (Å²) >= 11 is 0. The number of nitrogens with one attached hydrogen (secondary N) is 1. The van der Waals surface area contributed by atoms with Crippen molar-refractivity contribution in [1.82, 2.24) is 20.1 Å². The molecule has 0 radical (unpaired) electrons. The summed E-state index contributed by atoms with van der Waals surface area (Å²) in [5.41, 5.74) is 1.08. The van der Waals surface area contributed by atoms with Crippen molar-refractivity contribution in [3.8, 4) is 0 Å². The molecule has 2 aromatic rings. The van der Waals surface area contributed by atoms with Gasteiger partial charge in [0.05, 0.1) is 24.0 Å². The van der Waals surface area contributed by atoms with Crippen molar-refractivity contribution in [2.24, 2.45) is 0 Å². The van der Waals surface area contributed by atoms with Gasteiger partial charge in [0.2, 0.25) is 5.89 Å². The minimum absolute atomic E-state index is 0.0975. The summed E-state index contributed by atoms with van der Waals surface area (Å²) < 4.78 is 7.65. The zero-order valence-electron chi connectivity index (χ0n) is 12.2. The van der Waals surface area contributed by atoms with Crippen molar-refractivity contribution in [1.29, 1.82) is 0 Å². The third-order valence-electron chi connectivity index (χ3n) is 3.96. The van der Waals surface area contributed by atoms with E-state index in [1.165, 1.54) is 25.7 Å². The van der Waals surface area contributed by atoms with Crippen LogP contribution in [0.1, 0.15) is 62.0 Å². The minimum atomic E-state index is 0.0975. The monoisotopic (exact) mass is 274 g/mol. The molecular formula is C15H22N4O. The summed E-state index contributed by atoms with van der Waals surface area (Å²) in [6.07, 6.45) is 9.05. The van der Waals surface area contributed by atoms with Crippen LogP contribution in [0.2, 0.25) is 0 Å². The highest BCUT2D eigenvalue weighted by Gasteiger charge is 2.18. The lowest BCUT2D eigenvalue weighted by atomic mass is 10.3. The van der Waals surface area contributed by atoms with Gasteiger partial charge in [0, 0.05) is 12.7 Å². The van der Waals surface area contributed by atoms with Crippen LogP contribution in [0.5, 0.6) is 0 Å². The van der Waals surface area contributed by atoms with Gasteiger partial charge in [0.15, 0.2) is 0 Å². The van der Waals surface area contributed by atoms with E-state index in [-0.39, 0.29) is 6.04 Å². The number of hydrogen-bond acceptors (Lipinski definition) is 4. The van der Waals surface area contributed by atoms with Crippen LogP contribution in [-0.2, 0) is 6.54 Å². The predicted molar refractivity (Wildman–Crippen MR) is 76.2 cm³/mol. The lowest BCUT2D eigenvalue weighted by Crippen LogP contribution is -2.19. The molecule has 0 aliphatic heterocycles. The summed E-state index contributed by atoms with van der Waals surface area (Å²) in [4.78, 5) is 4.24. The molecule has 1 fully saturated rings. The number of nitrogens with zero attached hydrogens (tertiary/aromatic N) is 3. The van der Waals surface area contributed by atoms with Crippen LogP contribution in [0.25, 0.3) is 0 Å². The predicted octanol–water partition coefficient (Wildman–Crippen LogP) is 3.15. The minimum Gasteiger partial charge on any atom is -0.444 e. The van der Waals surface area contributed by atoms with E-state index < -0.39 is 0 Å². The van der Waals surface area contributed by atoms with Gasteiger partial charge in [-0.25, -0.2) is 4.98 Å². The number of aromatic nitrogens is 3. The molecule has 1 aliphatic rings. The maximum absolute atomic E-state index is 5.52. The van der Waals surface area contributed by atoms with Gasteiger partial charge in [-0.2, -0.15) is 5.10 Å². The van der Waals surface area contributed by atoms with Crippen LogP contribution in [-0.4, -0.2) is 14.8 Å². The second kappa shape index (κ2) is 5.79. The first kappa shape index (κ1) is 13.4. The van der Waals surface area contributed by atoms with Gasteiger partial charge in [-0.15, -0.1) is 0 Å². The third kappa shape index (κ3) is 2.93. The van der Waals surface area contributed by atoms with Crippen molar-refractivity contribution >= 4 is 0 Å².